The van der Waals surface area contributed by atoms with Gasteiger partial charge in [0.15, 0.2) is 0 Å². The van der Waals surface area contributed by atoms with Gasteiger partial charge in [0.1, 0.15) is 5.69 Å². The van der Waals surface area contributed by atoms with Crippen molar-refractivity contribution >= 4 is 23.1 Å². The van der Waals surface area contributed by atoms with Crippen molar-refractivity contribution in [3.8, 4) is 0 Å². The van der Waals surface area contributed by atoms with Crippen LogP contribution < -0.4 is 5.32 Å². The summed E-state index contributed by atoms with van der Waals surface area (Å²) < 4.78 is 0. The maximum absolute atomic E-state index is 11.2. The molecule has 1 aliphatic rings. The van der Waals surface area contributed by atoms with E-state index in [2.05, 4.69) is 5.32 Å². The fourth-order valence-electron chi connectivity index (χ4n) is 2.75. The monoisotopic (exact) mass is 308 g/mol. The number of nitrogens with one attached hydrogen (secondary N) is 1. The van der Waals surface area contributed by atoms with Crippen LogP contribution in [0.2, 0.25) is 0 Å². The first-order valence-corrected chi connectivity index (χ1v) is 8.95. The fourth-order valence-corrected chi connectivity index (χ4v) is 3.95. The highest BCUT2D eigenvalue weighted by Gasteiger charge is 2.16. The van der Waals surface area contributed by atoms with Gasteiger partial charge in [0.05, 0.1) is 4.92 Å². The van der Waals surface area contributed by atoms with Gasteiger partial charge in [0, 0.05) is 18.4 Å². The molecule has 0 radical (unpaired) electrons. The van der Waals surface area contributed by atoms with Crippen LogP contribution in [0.3, 0.4) is 0 Å². The summed E-state index contributed by atoms with van der Waals surface area (Å²) in [6.07, 6.45) is 6.40. The normalized spacial score (nSPS) is 15.3. The van der Waals surface area contributed by atoms with Crippen molar-refractivity contribution < 1.29 is 4.92 Å². The lowest BCUT2D eigenvalue weighted by molar-refractivity contribution is -0.384. The quantitative estimate of drug-likeness (QED) is 0.551. The predicted octanol–water partition coefficient (Wildman–Crippen LogP) is 4.84. The first kappa shape index (κ1) is 16.1. The summed E-state index contributed by atoms with van der Waals surface area (Å²) in [6, 6.07) is 5.57. The zero-order valence-electron chi connectivity index (χ0n) is 12.6. The number of benzene rings is 1. The summed E-state index contributed by atoms with van der Waals surface area (Å²) in [5, 5.41) is 14.3. The first-order valence-electron chi connectivity index (χ1n) is 7.79. The molecule has 1 aromatic rings. The van der Waals surface area contributed by atoms with E-state index in [-0.39, 0.29) is 10.6 Å². The Labute approximate surface area is 130 Å². The maximum atomic E-state index is 11.2. The van der Waals surface area contributed by atoms with Crippen LogP contribution >= 0.6 is 11.8 Å². The molecule has 5 heteroatoms. The SMILES string of the molecule is CCCNc1ccc(CSCC2CCCC2)cc1[N+](=O)[O-]. The van der Waals surface area contributed by atoms with Crippen LogP contribution in [0.5, 0.6) is 0 Å². The third-order valence-electron chi connectivity index (χ3n) is 3.92. The van der Waals surface area contributed by atoms with Crippen LogP contribution in [0.25, 0.3) is 0 Å². The Hall–Kier alpha value is -1.23. The zero-order chi connectivity index (χ0) is 15.1. The Balaban J connectivity index is 1.93. The molecule has 1 saturated carbocycles. The van der Waals surface area contributed by atoms with Gasteiger partial charge in [-0.15, -0.1) is 0 Å². The molecular formula is C16H24N2O2S. The third-order valence-corrected chi connectivity index (χ3v) is 5.17. The Morgan fingerprint density at radius 1 is 1.38 bits per heavy atom. The molecule has 0 aromatic heterocycles. The van der Waals surface area contributed by atoms with E-state index in [0.717, 1.165) is 30.2 Å². The van der Waals surface area contributed by atoms with Crippen LogP contribution in [0.15, 0.2) is 18.2 Å². The molecule has 0 unspecified atom stereocenters. The van der Waals surface area contributed by atoms with E-state index < -0.39 is 0 Å². The van der Waals surface area contributed by atoms with E-state index >= 15 is 0 Å². The predicted molar refractivity (Wildman–Crippen MR) is 90.0 cm³/mol. The minimum absolute atomic E-state index is 0.197. The van der Waals surface area contributed by atoms with Crippen molar-refractivity contribution in [3.05, 3.63) is 33.9 Å². The second-order valence-corrected chi connectivity index (χ2v) is 6.73. The molecule has 0 aliphatic heterocycles. The third kappa shape index (κ3) is 4.92. The molecule has 0 atom stereocenters. The number of hydrogen-bond acceptors (Lipinski definition) is 4. The van der Waals surface area contributed by atoms with Gasteiger partial charge < -0.3 is 5.32 Å². The number of anilines is 1. The van der Waals surface area contributed by atoms with Gasteiger partial charge in [-0.1, -0.05) is 25.8 Å². The van der Waals surface area contributed by atoms with Crippen molar-refractivity contribution in [2.75, 3.05) is 17.6 Å². The minimum Gasteiger partial charge on any atom is -0.380 e. The lowest BCUT2D eigenvalue weighted by Crippen LogP contribution is -2.03. The van der Waals surface area contributed by atoms with E-state index in [1.165, 1.54) is 31.4 Å². The molecule has 0 amide bonds. The van der Waals surface area contributed by atoms with E-state index in [0.29, 0.717) is 5.69 Å². The summed E-state index contributed by atoms with van der Waals surface area (Å²) >= 11 is 1.90. The van der Waals surface area contributed by atoms with Crippen molar-refractivity contribution in [2.24, 2.45) is 5.92 Å². The Morgan fingerprint density at radius 3 is 2.81 bits per heavy atom. The Bertz CT molecular complexity index is 473. The largest absolute Gasteiger partial charge is 0.380 e. The molecule has 0 saturated heterocycles. The smallest absolute Gasteiger partial charge is 0.292 e. The van der Waals surface area contributed by atoms with E-state index in [1.54, 1.807) is 6.07 Å². The number of nitro groups is 1. The second-order valence-electron chi connectivity index (χ2n) is 5.70. The van der Waals surface area contributed by atoms with Crippen LogP contribution in [-0.4, -0.2) is 17.2 Å². The van der Waals surface area contributed by atoms with Crippen molar-refractivity contribution in [1.29, 1.82) is 0 Å². The number of hydrogen-bond donors (Lipinski definition) is 1. The second kappa shape index (κ2) is 8.27. The molecule has 1 aliphatic carbocycles. The maximum Gasteiger partial charge on any atom is 0.292 e. The van der Waals surface area contributed by atoms with Crippen LogP contribution in [0.4, 0.5) is 11.4 Å². The molecule has 2 rings (SSSR count). The molecule has 1 N–H and O–H groups in total. The molecule has 1 aromatic carbocycles. The molecule has 0 spiro atoms. The van der Waals surface area contributed by atoms with E-state index in [1.807, 2.05) is 30.8 Å². The average molecular weight is 308 g/mol. The van der Waals surface area contributed by atoms with Gasteiger partial charge >= 0.3 is 0 Å². The van der Waals surface area contributed by atoms with Crippen molar-refractivity contribution in [2.45, 2.75) is 44.8 Å². The number of nitrogens with zero attached hydrogens (tertiary/aromatic N) is 1. The van der Waals surface area contributed by atoms with Gasteiger partial charge in [-0.3, -0.25) is 10.1 Å². The van der Waals surface area contributed by atoms with Crippen molar-refractivity contribution in [1.82, 2.24) is 0 Å². The topological polar surface area (TPSA) is 55.2 Å². The van der Waals surface area contributed by atoms with Gasteiger partial charge in [-0.2, -0.15) is 11.8 Å². The Morgan fingerprint density at radius 2 is 2.14 bits per heavy atom. The van der Waals surface area contributed by atoms with Gasteiger partial charge in [0.25, 0.3) is 5.69 Å². The highest BCUT2D eigenvalue weighted by atomic mass is 32.2. The van der Waals surface area contributed by atoms with Gasteiger partial charge in [-0.05, 0) is 42.6 Å². The highest BCUT2D eigenvalue weighted by Crippen LogP contribution is 2.31. The fraction of sp³-hybridized carbons (Fsp3) is 0.625. The first-order chi connectivity index (χ1) is 10.2. The van der Waals surface area contributed by atoms with Crippen LogP contribution in [0, 0.1) is 16.0 Å². The Kier molecular flexibility index (Phi) is 6.36. The van der Waals surface area contributed by atoms with Gasteiger partial charge in [0.2, 0.25) is 0 Å². The lowest BCUT2D eigenvalue weighted by atomic mass is 10.1. The average Bonchev–Trinajstić information content (AvgIpc) is 2.99. The van der Waals surface area contributed by atoms with E-state index in [9.17, 15) is 10.1 Å². The molecule has 116 valence electrons. The molecular weight excluding hydrogens is 284 g/mol. The summed E-state index contributed by atoms with van der Waals surface area (Å²) in [5.41, 5.74) is 1.88. The van der Waals surface area contributed by atoms with Crippen molar-refractivity contribution in [3.63, 3.8) is 0 Å². The van der Waals surface area contributed by atoms with Crippen LogP contribution in [-0.2, 0) is 5.75 Å². The summed E-state index contributed by atoms with van der Waals surface area (Å²) in [6.45, 7) is 2.81. The molecule has 21 heavy (non-hydrogen) atoms. The minimum atomic E-state index is -0.289. The number of thioether (sulfide) groups is 1. The number of rotatable bonds is 8. The zero-order valence-corrected chi connectivity index (χ0v) is 13.5. The van der Waals surface area contributed by atoms with Crippen LogP contribution in [0.1, 0.15) is 44.6 Å². The molecule has 1 fully saturated rings. The van der Waals surface area contributed by atoms with Gasteiger partial charge in [-0.25, -0.2) is 0 Å². The van der Waals surface area contributed by atoms with E-state index in [4.69, 9.17) is 0 Å². The molecule has 4 nitrogen and oxygen atoms in total. The summed E-state index contributed by atoms with van der Waals surface area (Å²) in [7, 11) is 0. The summed E-state index contributed by atoms with van der Waals surface area (Å²) in [5.74, 6) is 2.91. The molecule has 0 heterocycles. The number of nitro benzene ring substituents is 1. The highest BCUT2D eigenvalue weighted by molar-refractivity contribution is 7.98. The lowest BCUT2D eigenvalue weighted by Gasteiger charge is -2.10. The standard InChI is InChI=1S/C16H24N2O2S/c1-2-9-17-15-8-7-14(10-16(15)18(19)20)12-21-11-13-5-3-4-6-13/h7-8,10,13,17H,2-6,9,11-12H2,1H3. The summed E-state index contributed by atoms with van der Waals surface area (Å²) in [4.78, 5) is 10.9. The molecule has 0 bridgehead atoms.